The van der Waals surface area contributed by atoms with Crippen molar-refractivity contribution in [1.82, 2.24) is 5.32 Å². The summed E-state index contributed by atoms with van der Waals surface area (Å²) >= 11 is 0. The average Bonchev–Trinajstić information content (AvgIpc) is 2.77. The molecule has 3 N–H and O–H groups in total. The maximum absolute atomic E-state index is 13.2. The minimum atomic E-state index is -4.94. The van der Waals surface area contributed by atoms with Gasteiger partial charge in [0.1, 0.15) is 6.10 Å². The molecule has 1 saturated heterocycles. The van der Waals surface area contributed by atoms with Crippen molar-refractivity contribution in [2.75, 3.05) is 13.2 Å². The van der Waals surface area contributed by atoms with Gasteiger partial charge in [0.15, 0.2) is 0 Å². The summed E-state index contributed by atoms with van der Waals surface area (Å²) in [5, 5.41) is 3.26. The summed E-state index contributed by atoms with van der Waals surface area (Å²) in [4.78, 5) is 11.1. The molecule has 5 nitrogen and oxygen atoms in total. The molecule has 0 aromatic heterocycles. The van der Waals surface area contributed by atoms with Crippen LogP contribution in [0, 0.1) is 0 Å². The van der Waals surface area contributed by atoms with Crippen molar-refractivity contribution in [3.8, 4) is 0 Å². The van der Waals surface area contributed by atoms with Gasteiger partial charge in [-0.05, 0) is 49.1 Å². The zero-order chi connectivity index (χ0) is 25.1. The topological polar surface area (TPSA) is 73.6 Å². The molecule has 34 heavy (non-hydrogen) atoms. The minimum Gasteiger partial charge on any atom is -0.445 e. The number of ether oxygens (including phenoxy) is 2. The van der Waals surface area contributed by atoms with Crippen LogP contribution in [0.1, 0.15) is 48.1 Å². The van der Waals surface area contributed by atoms with Crippen molar-refractivity contribution in [3.05, 3.63) is 70.8 Å². The summed E-state index contributed by atoms with van der Waals surface area (Å²) in [5.74, 6) is 0. The van der Waals surface area contributed by atoms with Crippen molar-refractivity contribution in [2.45, 2.75) is 49.9 Å². The fourth-order valence-corrected chi connectivity index (χ4v) is 3.96. The molecule has 1 amide bonds. The smallest absolute Gasteiger partial charge is 0.416 e. The number of carbonyl (C=O) groups excluding carboxylic acids is 1. The van der Waals surface area contributed by atoms with Crippen molar-refractivity contribution < 1.29 is 40.6 Å². The maximum atomic E-state index is 13.2. The first-order valence-electron chi connectivity index (χ1n) is 10.5. The molecule has 0 aliphatic carbocycles. The van der Waals surface area contributed by atoms with Crippen molar-refractivity contribution in [2.24, 2.45) is 5.73 Å². The Bertz CT molecular complexity index is 954. The van der Waals surface area contributed by atoms with Crippen LogP contribution < -0.4 is 11.1 Å². The summed E-state index contributed by atoms with van der Waals surface area (Å²) in [6.07, 6.45) is -11.5. The molecule has 2 aromatic carbocycles. The highest BCUT2D eigenvalue weighted by Gasteiger charge is 2.40. The van der Waals surface area contributed by atoms with E-state index in [4.69, 9.17) is 15.2 Å². The Labute approximate surface area is 192 Å². The zero-order valence-electron chi connectivity index (χ0n) is 18.2. The van der Waals surface area contributed by atoms with Gasteiger partial charge in [-0.15, -0.1) is 0 Å². The molecule has 1 fully saturated rings. The molecule has 0 spiro atoms. The van der Waals surface area contributed by atoms with Gasteiger partial charge in [0.25, 0.3) is 0 Å². The number of amides is 1. The summed E-state index contributed by atoms with van der Waals surface area (Å²) in [5.41, 5.74) is 2.07. The standard InChI is InChI=1S/C23H24F6N2O3/c1-14(15-9-17(22(24,25)26)11-18(10-15)23(27,28)29)33-13-21(16-5-3-2-4-6-16)8-7-19(12-31-21)34-20(30)32/h2-6,9-11,14,19,31H,7-8,12-13H2,1H3,(H2,30,32)/t14-,19+,21-/m1/s1. The average molecular weight is 490 g/mol. The molecule has 186 valence electrons. The number of nitrogens with two attached hydrogens (primary N) is 1. The van der Waals surface area contributed by atoms with E-state index in [-0.39, 0.29) is 24.8 Å². The van der Waals surface area contributed by atoms with E-state index in [1.165, 1.54) is 6.92 Å². The number of halogens is 6. The van der Waals surface area contributed by atoms with Crippen molar-refractivity contribution in [3.63, 3.8) is 0 Å². The molecule has 3 rings (SSSR count). The van der Waals surface area contributed by atoms with Crippen LogP contribution in [-0.2, 0) is 27.4 Å². The Morgan fingerprint density at radius 2 is 1.68 bits per heavy atom. The van der Waals surface area contributed by atoms with E-state index < -0.39 is 47.3 Å². The maximum Gasteiger partial charge on any atom is 0.416 e. The number of primary amides is 1. The highest BCUT2D eigenvalue weighted by atomic mass is 19.4. The number of hydrogen-bond donors (Lipinski definition) is 2. The zero-order valence-corrected chi connectivity index (χ0v) is 18.2. The lowest BCUT2D eigenvalue weighted by molar-refractivity contribution is -0.143. The van der Waals surface area contributed by atoms with Crippen molar-refractivity contribution >= 4 is 6.09 Å². The summed E-state index contributed by atoms with van der Waals surface area (Å²) in [6, 6.07) is 10.5. The normalized spacial score (nSPS) is 22.3. The highest BCUT2D eigenvalue weighted by Crippen LogP contribution is 2.39. The Morgan fingerprint density at radius 3 is 2.15 bits per heavy atom. The summed E-state index contributed by atoms with van der Waals surface area (Å²) in [7, 11) is 0. The molecule has 11 heteroatoms. The van der Waals surface area contributed by atoms with Crippen LogP contribution in [-0.4, -0.2) is 25.3 Å². The Balaban J connectivity index is 1.84. The molecular formula is C23H24F6N2O3. The number of carbonyl (C=O) groups is 1. The number of alkyl halides is 6. The van der Waals surface area contributed by atoms with Gasteiger partial charge >= 0.3 is 18.4 Å². The predicted molar refractivity (Wildman–Crippen MR) is 111 cm³/mol. The van der Waals surface area contributed by atoms with Gasteiger partial charge in [0.2, 0.25) is 0 Å². The lowest BCUT2D eigenvalue weighted by atomic mass is 9.82. The van der Waals surface area contributed by atoms with Crippen LogP contribution in [0.3, 0.4) is 0 Å². The number of piperidine rings is 1. The summed E-state index contributed by atoms with van der Waals surface area (Å²) in [6.45, 7) is 1.60. The van der Waals surface area contributed by atoms with E-state index >= 15 is 0 Å². The Morgan fingerprint density at radius 1 is 1.09 bits per heavy atom. The van der Waals surface area contributed by atoms with Gasteiger partial charge in [-0.3, -0.25) is 0 Å². The second kappa shape index (κ2) is 9.83. The lowest BCUT2D eigenvalue weighted by Gasteiger charge is -2.41. The molecule has 1 heterocycles. The molecular weight excluding hydrogens is 466 g/mol. The van der Waals surface area contributed by atoms with Gasteiger partial charge in [0, 0.05) is 6.54 Å². The van der Waals surface area contributed by atoms with Crippen LogP contribution >= 0.6 is 0 Å². The van der Waals surface area contributed by atoms with Gasteiger partial charge < -0.3 is 20.5 Å². The molecule has 1 aliphatic heterocycles. The third kappa shape index (κ3) is 6.20. The second-order valence-corrected chi connectivity index (χ2v) is 8.22. The van der Waals surface area contributed by atoms with E-state index in [0.717, 1.165) is 5.56 Å². The molecule has 3 atom stereocenters. The number of hydrogen-bond acceptors (Lipinski definition) is 4. The largest absolute Gasteiger partial charge is 0.445 e. The second-order valence-electron chi connectivity index (χ2n) is 8.22. The first-order valence-corrected chi connectivity index (χ1v) is 10.5. The van der Waals surface area contributed by atoms with E-state index in [9.17, 15) is 31.1 Å². The minimum absolute atomic E-state index is 0.0426. The van der Waals surface area contributed by atoms with E-state index in [1.54, 1.807) is 12.1 Å². The molecule has 0 unspecified atom stereocenters. The third-order valence-corrected chi connectivity index (χ3v) is 5.83. The SMILES string of the molecule is C[C@@H](OC[C@@]1(c2ccccc2)CC[C@H](OC(N)=O)CN1)c1cc(C(F)(F)F)cc(C(F)(F)F)c1. The predicted octanol–water partition coefficient (Wildman–Crippen LogP) is 5.54. The van der Waals surface area contributed by atoms with E-state index in [1.807, 2.05) is 18.2 Å². The first kappa shape index (κ1) is 25.8. The monoisotopic (exact) mass is 490 g/mol. The molecule has 1 aliphatic rings. The van der Waals surface area contributed by atoms with Crippen molar-refractivity contribution in [1.29, 1.82) is 0 Å². The quantitative estimate of drug-likeness (QED) is 0.522. The van der Waals surface area contributed by atoms with Gasteiger partial charge in [-0.1, -0.05) is 30.3 Å². The van der Waals surface area contributed by atoms with Crippen LogP contribution in [0.15, 0.2) is 48.5 Å². The summed E-state index contributed by atoms with van der Waals surface area (Å²) < 4.78 is 90.2. The van der Waals surface area contributed by atoms with Crippen LogP contribution in [0.4, 0.5) is 31.1 Å². The van der Waals surface area contributed by atoms with Gasteiger partial charge in [-0.2, -0.15) is 26.3 Å². The van der Waals surface area contributed by atoms with Crippen LogP contribution in [0.5, 0.6) is 0 Å². The number of nitrogens with one attached hydrogen (secondary N) is 1. The number of rotatable bonds is 6. The van der Waals surface area contributed by atoms with E-state index in [2.05, 4.69) is 5.32 Å². The first-order chi connectivity index (χ1) is 15.8. The van der Waals surface area contributed by atoms with E-state index in [0.29, 0.717) is 25.0 Å². The molecule has 0 radical (unpaired) electrons. The van der Waals surface area contributed by atoms with Gasteiger partial charge in [0.05, 0.1) is 29.4 Å². The van der Waals surface area contributed by atoms with Gasteiger partial charge in [-0.25, -0.2) is 4.79 Å². The molecule has 2 aromatic rings. The fraction of sp³-hybridized carbons (Fsp3) is 0.435. The third-order valence-electron chi connectivity index (χ3n) is 5.83. The highest BCUT2D eigenvalue weighted by molar-refractivity contribution is 5.64. The molecule has 0 bridgehead atoms. The number of benzene rings is 2. The van der Waals surface area contributed by atoms with Crippen LogP contribution in [0.2, 0.25) is 0 Å². The fourth-order valence-electron chi connectivity index (χ4n) is 3.96. The van der Waals surface area contributed by atoms with Crippen LogP contribution in [0.25, 0.3) is 0 Å². The Kier molecular flexibility index (Phi) is 7.47. The Hall–Kier alpha value is -2.79. The molecule has 0 saturated carbocycles. The lowest BCUT2D eigenvalue weighted by Crippen LogP contribution is -2.54.